The van der Waals surface area contributed by atoms with Gasteiger partial charge in [0, 0.05) is 24.0 Å². The number of nitrogens with two attached hydrogens (primary N) is 1. The lowest BCUT2D eigenvalue weighted by Gasteiger charge is -2.08. The first-order valence-electron chi connectivity index (χ1n) is 3.69. The van der Waals surface area contributed by atoms with E-state index in [0.717, 1.165) is 16.8 Å². The van der Waals surface area contributed by atoms with Gasteiger partial charge in [0.25, 0.3) is 0 Å². The summed E-state index contributed by atoms with van der Waals surface area (Å²) < 4.78 is 0. The van der Waals surface area contributed by atoms with Crippen LogP contribution in [0.25, 0.3) is 0 Å². The van der Waals surface area contributed by atoms with Gasteiger partial charge in [-0.2, -0.15) is 0 Å². The van der Waals surface area contributed by atoms with E-state index in [4.69, 9.17) is 5.73 Å². The van der Waals surface area contributed by atoms with Gasteiger partial charge in [0.05, 0.1) is 6.10 Å². The largest absolute Gasteiger partial charge is 0.387 e. The summed E-state index contributed by atoms with van der Waals surface area (Å²) in [6, 6.07) is 0. The highest BCUT2D eigenvalue weighted by atomic mass is 16.3. The SMILES string of the molecule is Cc1c[nH]c(C)c1[C@H](O)CN. The van der Waals surface area contributed by atoms with Crippen LogP contribution in [-0.4, -0.2) is 16.6 Å². The van der Waals surface area contributed by atoms with Crippen LogP contribution in [0, 0.1) is 13.8 Å². The van der Waals surface area contributed by atoms with E-state index in [1.165, 1.54) is 0 Å². The molecule has 0 spiro atoms. The predicted molar refractivity (Wildman–Crippen MR) is 44.3 cm³/mol. The Bertz CT molecular complexity index is 223. The standard InChI is InChI=1S/C8H14N2O/c1-5-4-10-6(2)8(5)7(11)3-9/h4,7,10-11H,3,9H2,1-2H3/t7-/m1/s1. The molecule has 0 aliphatic heterocycles. The monoisotopic (exact) mass is 154 g/mol. The van der Waals surface area contributed by atoms with E-state index < -0.39 is 6.10 Å². The molecule has 1 aromatic heterocycles. The van der Waals surface area contributed by atoms with Crippen molar-refractivity contribution in [2.75, 3.05) is 6.54 Å². The molecule has 1 rings (SSSR count). The maximum absolute atomic E-state index is 9.43. The van der Waals surface area contributed by atoms with Crippen molar-refractivity contribution in [3.05, 3.63) is 23.0 Å². The van der Waals surface area contributed by atoms with Gasteiger partial charge in [-0.1, -0.05) is 0 Å². The molecule has 0 aliphatic rings. The summed E-state index contributed by atoms with van der Waals surface area (Å²) in [6.45, 7) is 4.17. The van der Waals surface area contributed by atoms with Crippen molar-refractivity contribution in [3.63, 3.8) is 0 Å². The second-order valence-electron chi connectivity index (χ2n) is 2.76. The Balaban J connectivity index is 3.00. The van der Waals surface area contributed by atoms with E-state index in [-0.39, 0.29) is 6.54 Å². The van der Waals surface area contributed by atoms with E-state index in [0.29, 0.717) is 0 Å². The Morgan fingerprint density at radius 1 is 1.64 bits per heavy atom. The smallest absolute Gasteiger partial charge is 0.0931 e. The van der Waals surface area contributed by atoms with Crippen LogP contribution >= 0.6 is 0 Å². The van der Waals surface area contributed by atoms with Crippen LogP contribution in [0.3, 0.4) is 0 Å². The van der Waals surface area contributed by atoms with E-state index >= 15 is 0 Å². The minimum absolute atomic E-state index is 0.277. The van der Waals surface area contributed by atoms with Crippen LogP contribution in [0.2, 0.25) is 0 Å². The summed E-state index contributed by atoms with van der Waals surface area (Å²) in [5.41, 5.74) is 8.34. The molecule has 3 nitrogen and oxygen atoms in total. The molecule has 62 valence electrons. The van der Waals surface area contributed by atoms with Gasteiger partial charge in [-0.05, 0) is 19.4 Å². The zero-order valence-corrected chi connectivity index (χ0v) is 6.89. The molecule has 1 atom stereocenters. The molecule has 0 saturated carbocycles. The second-order valence-corrected chi connectivity index (χ2v) is 2.76. The molecule has 0 saturated heterocycles. The minimum atomic E-state index is -0.527. The normalized spacial score (nSPS) is 13.5. The summed E-state index contributed by atoms with van der Waals surface area (Å²) in [6.07, 6.45) is 1.35. The number of hydrogen-bond acceptors (Lipinski definition) is 2. The van der Waals surface area contributed by atoms with E-state index in [1.54, 1.807) is 0 Å². The van der Waals surface area contributed by atoms with Gasteiger partial charge in [0.15, 0.2) is 0 Å². The van der Waals surface area contributed by atoms with E-state index in [2.05, 4.69) is 4.98 Å². The van der Waals surface area contributed by atoms with Crippen molar-refractivity contribution in [3.8, 4) is 0 Å². The first kappa shape index (κ1) is 8.30. The number of aliphatic hydroxyl groups is 1. The summed E-state index contributed by atoms with van der Waals surface area (Å²) in [7, 11) is 0. The number of aromatic amines is 1. The highest BCUT2D eigenvalue weighted by Crippen LogP contribution is 2.19. The third-order valence-corrected chi connectivity index (χ3v) is 1.89. The molecular weight excluding hydrogens is 140 g/mol. The minimum Gasteiger partial charge on any atom is -0.387 e. The first-order valence-corrected chi connectivity index (χ1v) is 3.69. The predicted octanol–water partition coefficient (Wildman–Crippen LogP) is 0.624. The molecule has 1 aromatic rings. The van der Waals surface area contributed by atoms with Gasteiger partial charge >= 0.3 is 0 Å². The molecule has 0 bridgehead atoms. The quantitative estimate of drug-likeness (QED) is 0.585. The van der Waals surface area contributed by atoms with Crippen LogP contribution in [0.4, 0.5) is 0 Å². The van der Waals surface area contributed by atoms with Gasteiger partial charge in [-0.15, -0.1) is 0 Å². The van der Waals surface area contributed by atoms with Crippen LogP contribution in [-0.2, 0) is 0 Å². The summed E-state index contributed by atoms with van der Waals surface area (Å²) in [4.78, 5) is 3.04. The first-order chi connectivity index (χ1) is 5.16. The van der Waals surface area contributed by atoms with Gasteiger partial charge in [-0.3, -0.25) is 0 Å². The van der Waals surface area contributed by atoms with Crippen LogP contribution < -0.4 is 5.73 Å². The van der Waals surface area contributed by atoms with Crippen molar-refractivity contribution in [2.45, 2.75) is 20.0 Å². The summed E-state index contributed by atoms with van der Waals surface area (Å²) >= 11 is 0. The number of aliphatic hydroxyl groups excluding tert-OH is 1. The molecule has 0 radical (unpaired) electrons. The Labute approximate surface area is 66.2 Å². The number of aryl methyl sites for hydroxylation is 2. The van der Waals surface area contributed by atoms with E-state index in [9.17, 15) is 5.11 Å². The summed E-state index contributed by atoms with van der Waals surface area (Å²) in [5, 5.41) is 9.43. The lowest BCUT2D eigenvalue weighted by molar-refractivity contribution is 0.185. The van der Waals surface area contributed by atoms with Gasteiger partial charge in [0.2, 0.25) is 0 Å². The van der Waals surface area contributed by atoms with Crippen molar-refractivity contribution >= 4 is 0 Å². The average Bonchev–Trinajstić information content (AvgIpc) is 2.30. The molecule has 0 unspecified atom stereocenters. The van der Waals surface area contributed by atoms with Gasteiger partial charge in [-0.25, -0.2) is 0 Å². The maximum atomic E-state index is 9.43. The summed E-state index contributed by atoms with van der Waals surface area (Å²) in [5.74, 6) is 0. The molecule has 1 heterocycles. The molecule has 0 amide bonds. The number of rotatable bonds is 2. The lowest BCUT2D eigenvalue weighted by atomic mass is 10.1. The van der Waals surface area contributed by atoms with Crippen molar-refractivity contribution in [1.82, 2.24) is 4.98 Å². The molecule has 3 heteroatoms. The number of nitrogens with one attached hydrogen (secondary N) is 1. The zero-order valence-electron chi connectivity index (χ0n) is 6.89. The molecule has 4 N–H and O–H groups in total. The van der Waals surface area contributed by atoms with Crippen molar-refractivity contribution in [2.24, 2.45) is 5.73 Å². The highest BCUT2D eigenvalue weighted by Gasteiger charge is 2.11. The Morgan fingerprint density at radius 2 is 2.27 bits per heavy atom. The number of H-pyrrole nitrogens is 1. The molecular formula is C8H14N2O. The molecule has 0 fully saturated rings. The molecule has 11 heavy (non-hydrogen) atoms. The number of hydrogen-bond donors (Lipinski definition) is 3. The van der Waals surface area contributed by atoms with Gasteiger partial charge in [0.1, 0.15) is 0 Å². The Kier molecular flexibility index (Phi) is 2.31. The van der Waals surface area contributed by atoms with Gasteiger partial charge < -0.3 is 15.8 Å². The molecule has 0 aromatic carbocycles. The van der Waals surface area contributed by atoms with Crippen LogP contribution in [0.15, 0.2) is 6.20 Å². The fourth-order valence-corrected chi connectivity index (χ4v) is 1.30. The third-order valence-electron chi connectivity index (χ3n) is 1.89. The Morgan fingerprint density at radius 3 is 2.64 bits per heavy atom. The van der Waals surface area contributed by atoms with Crippen LogP contribution in [0.1, 0.15) is 22.9 Å². The molecule has 0 aliphatic carbocycles. The Hall–Kier alpha value is -0.800. The van der Waals surface area contributed by atoms with E-state index in [1.807, 2.05) is 20.0 Å². The van der Waals surface area contributed by atoms with Crippen molar-refractivity contribution in [1.29, 1.82) is 0 Å². The zero-order chi connectivity index (χ0) is 8.43. The average molecular weight is 154 g/mol. The lowest BCUT2D eigenvalue weighted by Crippen LogP contribution is -2.12. The number of aromatic nitrogens is 1. The fraction of sp³-hybridized carbons (Fsp3) is 0.500. The maximum Gasteiger partial charge on any atom is 0.0931 e. The van der Waals surface area contributed by atoms with Crippen molar-refractivity contribution < 1.29 is 5.11 Å². The topological polar surface area (TPSA) is 62.0 Å². The third kappa shape index (κ3) is 1.44. The fourth-order valence-electron chi connectivity index (χ4n) is 1.30. The highest BCUT2D eigenvalue weighted by molar-refractivity contribution is 5.31. The second kappa shape index (κ2) is 3.07. The van der Waals surface area contributed by atoms with Crippen LogP contribution in [0.5, 0.6) is 0 Å².